The van der Waals surface area contributed by atoms with E-state index >= 15 is 0 Å². The highest BCUT2D eigenvalue weighted by Crippen LogP contribution is 2.24. The van der Waals surface area contributed by atoms with Crippen molar-refractivity contribution in [2.24, 2.45) is 0 Å². The van der Waals surface area contributed by atoms with Crippen LogP contribution in [0.5, 0.6) is 11.5 Å². The maximum atomic E-state index is 12.3. The number of carbonyl (C=O) groups excluding carboxylic acids is 3. The second-order valence-corrected chi connectivity index (χ2v) is 6.74. The van der Waals surface area contributed by atoms with E-state index in [1.165, 1.54) is 20.3 Å². The van der Waals surface area contributed by atoms with Crippen molar-refractivity contribution in [1.29, 1.82) is 0 Å². The molecule has 0 atom stereocenters. The van der Waals surface area contributed by atoms with Crippen LogP contribution < -0.4 is 20.1 Å². The van der Waals surface area contributed by atoms with Crippen LogP contribution in [-0.2, 0) is 14.3 Å². The molecular formula is C22H26N2O6. The highest BCUT2D eigenvalue weighted by Gasteiger charge is 2.17. The van der Waals surface area contributed by atoms with Crippen LogP contribution in [0, 0.1) is 20.8 Å². The molecule has 0 unspecified atom stereocenters. The Kier molecular flexibility index (Phi) is 7.80. The zero-order valence-corrected chi connectivity index (χ0v) is 17.8. The molecule has 160 valence electrons. The van der Waals surface area contributed by atoms with Crippen LogP contribution in [-0.4, -0.2) is 45.2 Å². The first-order valence-corrected chi connectivity index (χ1v) is 9.28. The van der Waals surface area contributed by atoms with Gasteiger partial charge in [-0.25, -0.2) is 4.79 Å². The third-order valence-electron chi connectivity index (χ3n) is 4.35. The van der Waals surface area contributed by atoms with Crippen LogP contribution >= 0.6 is 0 Å². The number of carbonyl (C=O) groups is 3. The Hall–Kier alpha value is -3.55. The number of anilines is 1. The number of nitrogens with one attached hydrogen (secondary N) is 2. The summed E-state index contributed by atoms with van der Waals surface area (Å²) >= 11 is 0. The summed E-state index contributed by atoms with van der Waals surface area (Å²) in [6, 6.07) is 8.59. The number of aryl methyl sites for hydroxylation is 3. The Morgan fingerprint density at radius 2 is 1.57 bits per heavy atom. The van der Waals surface area contributed by atoms with Gasteiger partial charge in [0.05, 0.1) is 20.8 Å². The summed E-state index contributed by atoms with van der Waals surface area (Å²) in [6.45, 7) is 5.01. The van der Waals surface area contributed by atoms with Crippen molar-refractivity contribution in [3.63, 3.8) is 0 Å². The lowest BCUT2D eigenvalue weighted by Gasteiger charge is -2.13. The van der Waals surface area contributed by atoms with Gasteiger partial charge in [0.2, 0.25) is 5.91 Å². The molecule has 0 saturated heterocycles. The molecule has 0 bridgehead atoms. The Balaban J connectivity index is 1.87. The minimum Gasteiger partial charge on any atom is -0.497 e. The van der Waals surface area contributed by atoms with Gasteiger partial charge in [-0.05, 0) is 50.1 Å². The lowest BCUT2D eigenvalue weighted by atomic mass is 10.1. The monoisotopic (exact) mass is 414 g/mol. The largest absolute Gasteiger partial charge is 0.497 e. The highest BCUT2D eigenvalue weighted by atomic mass is 16.5. The van der Waals surface area contributed by atoms with E-state index in [2.05, 4.69) is 10.6 Å². The molecule has 8 heteroatoms. The van der Waals surface area contributed by atoms with Crippen molar-refractivity contribution in [2.45, 2.75) is 20.8 Å². The van der Waals surface area contributed by atoms with Crippen LogP contribution in [0.1, 0.15) is 27.0 Å². The number of ether oxygens (including phenoxy) is 3. The molecule has 0 aliphatic carbocycles. The number of hydrogen-bond donors (Lipinski definition) is 2. The molecule has 2 N–H and O–H groups in total. The van der Waals surface area contributed by atoms with Crippen molar-refractivity contribution in [3.05, 3.63) is 52.6 Å². The van der Waals surface area contributed by atoms with Gasteiger partial charge in [-0.3, -0.25) is 9.59 Å². The smallest absolute Gasteiger partial charge is 0.342 e. The Morgan fingerprint density at radius 3 is 2.17 bits per heavy atom. The molecule has 2 aromatic rings. The maximum Gasteiger partial charge on any atom is 0.342 e. The van der Waals surface area contributed by atoms with Crippen LogP contribution in [0.15, 0.2) is 30.3 Å². The van der Waals surface area contributed by atoms with Crippen molar-refractivity contribution in [1.82, 2.24) is 5.32 Å². The normalized spacial score (nSPS) is 10.2. The molecule has 0 spiro atoms. The highest BCUT2D eigenvalue weighted by molar-refractivity contribution is 5.97. The fourth-order valence-electron chi connectivity index (χ4n) is 2.97. The zero-order valence-electron chi connectivity index (χ0n) is 17.8. The minimum absolute atomic E-state index is 0.132. The number of esters is 1. The maximum absolute atomic E-state index is 12.3. The molecule has 0 fully saturated rings. The third kappa shape index (κ3) is 5.97. The van der Waals surface area contributed by atoms with E-state index in [-0.39, 0.29) is 18.0 Å². The minimum atomic E-state index is -0.740. The van der Waals surface area contributed by atoms with Gasteiger partial charge in [0.25, 0.3) is 5.91 Å². The molecule has 0 aromatic heterocycles. The van der Waals surface area contributed by atoms with Crippen LogP contribution in [0.3, 0.4) is 0 Å². The molecule has 30 heavy (non-hydrogen) atoms. The molecule has 0 saturated carbocycles. The molecule has 0 aliphatic heterocycles. The molecular weight excluding hydrogens is 388 g/mol. The summed E-state index contributed by atoms with van der Waals surface area (Å²) in [5, 5.41) is 5.21. The van der Waals surface area contributed by atoms with Gasteiger partial charge < -0.3 is 24.8 Å². The van der Waals surface area contributed by atoms with Crippen molar-refractivity contribution >= 4 is 23.5 Å². The molecule has 8 nitrogen and oxygen atoms in total. The predicted molar refractivity (Wildman–Crippen MR) is 112 cm³/mol. The Bertz CT molecular complexity index is 932. The van der Waals surface area contributed by atoms with E-state index in [9.17, 15) is 14.4 Å². The van der Waals surface area contributed by atoms with Gasteiger partial charge >= 0.3 is 5.97 Å². The average Bonchev–Trinajstić information content (AvgIpc) is 2.72. The van der Waals surface area contributed by atoms with E-state index in [0.717, 1.165) is 22.4 Å². The predicted octanol–water partition coefficient (Wildman–Crippen LogP) is 2.54. The fraction of sp³-hybridized carbons (Fsp3) is 0.318. The lowest BCUT2D eigenvalue weighted by Crippen LogP contribution is -2.35. The molecule has 0 heterocycles. The van der Waals surface area contributed by atoms with E-state index in [4.69, 9.17) is 14.2 Å². The van der Waals surface area contributed by atoms with E-state index in [1.807, 2.05) is 32.9 Å². The third-order valence-corrected chi connectivity index (χ3v) is 4.35. The molecule has 0 radical (unpaired) electrons. The summed E-state index contributed by atoms with van der Waals surface area (Å²) in [5.41, 5.74) is 3.83. The Morgan fingerprint density at radius 1 is 0.900 bits per heavy atom. The molecule has 2 amide bonds. The average molecular weight is 414 g/mol. The van der Waals surface area contributed by atoms with E-state index < -0.39 is 18.5 Å². The number of rotatable bonds is 8. The number of benzene rings is 2. The quantitative estimate of drug-likeness (QED) is 0.644. The van der Waals surface area contributed by atoms with Gasteiger partial charge in [-0.15, -0.1) is 0 Å². The SMILES string of the molecule is COc1ccc(OC)c(C(=O)OCC(=O)NCC(=O)Nc2c(C)cc(C)cc2C)c1. The second kappa shape index (κ2) is 10.3. The number of amides is 2. The van der Waals surface area contributed by atoms with Crippen LogP contribution in [0.2, 0.25) is 0 Å². The number of methoxy groups -OCH3 is 2. The Labute approximate surface area is 175 Å². The summed E-state index contributed by atoms with van der Waals surface area (Å²) in [7, 11) is 2.89. The van der Waals surface area contributed by atoms with Crippen LogP contribution in [0.25, 0.3) is 0 Å². The first kappa shape index (κ1) is 22.7. The van der Waals surface area contributed by atoms with Gasteiger partial charge in [0.1, 0.15) is 17.1 Å². The van der Waals surface area contributed by atoms with Crippen molar-refractivity contribution < 1.29 is 28.6 Å². The first-order chi connectivity index (χ1) is 14.2. The summed E-state index contributed by atoms with van der Waals surface area (Å²) in [4.78, 5) is 36.4. The summed E-state index contributed by atoms with van der Waals surface area (Å²) in [6.07, 6.45) is 0. The first-order valence-electron chi connectivity index (χ1n) is 9.28. The van der Waals surface area contributed by atoms with E-state index in [0.29, 0.717) is 11.5 Å². The summed E-state index contributed by atoms with van der Waals surface area (Å²) in [5.74, 6) is -0.969. The summed E-state index contributed by atoms with van der Waals surface area (Å²) < 4.78 is 15.2. The molecule has 2 aromatic carbocycles. The second-order valence-electron chi connectivity index (χ2n) is 6.74. The van der Waals surface area contributed by atoms with Crippen LogP contribution in [0.4, 0.5) is 5.69 Å². The zero-order chi connectivity index (χ0) is 22.3. The lowest BCUT2D eigenvalue weighted by molar-refractivity contribution is -0.126. The van der Waals surface area contributed by atoms with Crippen molar-refractivity contribution in [3.8, 4) is 11.5 Å². The van der Waals surface area contributed by atoms with E-state index in [1.54, 1.807) is 12.1 Å². The fourth-order valence-corrected chi connectivity index (χ4v) is 2.97. The topological polar surface area (TPSA) is 103 Å². The van der Waals surface area contributed by atoms with Gasteiger partial charge in [-0.2, -0.15) is 0 Å². The van der Waals surface area contributed by atoms with Gasteiger partial charge in [-0.1, -0.05) is 17.7 Å². The van der Waals surface area contributed by atoms with Crippen molar-refractivity contribution in [2.75, 3.05) is 32.7 Å². The molecule has 0 aliphatic rings. The molecule has 2 rings (SSSR count). The standard InChI is InChI=1S/C22H26N2O6/c1-13-8-14(2)21(15(3)9-13)24-19(25)11-23-20(26)12-30-22(27)17-10-16(28-4)6-7-18(17)29-5/h6-10H,11-12H2,1-5H3,(H,23,26)(H,24,25). The van der Waals surface area contributed by atoms with Gasteiger partial charge in [0.15, 0.2) is 6.61 Å². The number of hydrogen-bond acceptors (Lipinski definition) is 6. The van der Waals surface area contributed by atoms with Gasteiger partial charge in [0, 0.05) is 5.69 Å².